The van der Waals surface area contributed by atoms with Crippen LogP contribution in [0.3, 0.4) is 0 Å². The zero-order valence-corrected chi connectivity index (χ0v) is 13.0. The second kappa shape index (κ2) is 7.01. The molecule has 1 amide bonds. The highest BCUT2D eigenvalue weighted by atomic mass is 16.7. The van der Waals surface area contributed by atoms with Crippen molar-refractivity contribution in [2.75, 3.05) is 13.3 Å². The van der Waals surface area contributed by atoms with Crippen LogP contribution >= 0.6 is 0 Å². The first-order chi connectivity index (χ1) is 11.2. The molecule has 2 aromatic rings. The van der Waals surface area contributed by atoms with Crippen molar-refractivity contribution in [1.82, 2.24) is 5.32 Å². The van der Waals surface area contributed by atoms with Crippen LogP contribution in [0, 0.1) is 0 Å². The average molecular weight is 309 g/mol. The summed E-state index contributed by atoms with van der Waals surface area (Å²) in [5.74, 6) is 1.62. The maximum absolute atomic E-state index is 11.9. The van der Waals surface area contributed by atoms with E-state index < -0.39 is 0 Å². The lowest BCUT2D eigenvalue weighted by molar-refractivity contribution is -0.116. The molecule has 1 heterocycles. The molecule has 0 fully saturated rings. The molecule has 4 nitrogen and oxygen atoms in total. The van der Waals surface area contributed by atoms with Crippen LogP contribution in [0.4, 0.5) is 0 Å². The van der Waals surface area contributed by atoms with Crippen molar-refractivity contribution < 1.29 is 14.3 Å². The summed E-state index contributed by atoms with van der Waals surface area (Å²) in [7, 11) is 0. The molecule has 23 heavy (non-hydrogen) atoms. The Labute approximate surface area is 135 Å². The van der Waals surface area contributed by atoms with Crippen LogP contribution in [0.15, 0.2) is 54.6 Å². The maximum atomic E-state index is 11.9. The molecule has 1 aliphatic heterocycles. The Morgan fingerprint density at radius 2 is 1.96 bits per heavy atom. The molecule has 0 saturated carbocycles. The summed E-state index contributed by atoms with van der Waals surface area (Å²) in [5, 5.41) is 2.92. The lowest BCUT2D eigenvalue weighted by atomic mass is 10.0. The van der Waals surface area contributed by atoms with Gasteiger partial charge in [0.25, 0.3) is 0 Å². The van der Waals surface area contributed by atoms with E-state index in [-0.39, 0.29) is 18.6 Å². The number of carbonyl (C=O) groups is 1. The number of nitrogens with one attached hydrogen (secondary N) is 1. The fourth-order valence-electron chi connectivity index (χ4n) is 2.40. The Kier molecular flexibility index (Phi) is 4.62. The highest BCUT2D eigenvalue weighted by molar-refractivity contribution is 5.91. The monoisotopic (exact) mass is 309 g/mol. The minimum absolute atomic E-state index is 0.106. The van der Waals surface area contributed by atoms with Gasteiger partial charge in [-0.2, -0.15) is 0 Å². The first-order valence-electron chi connectivity index (χ1n) is 7.63. The van der Waals surface area contributed by atoms with Crippen molar-refractivity contribution in [2.24, 2.45) is 0 Å². The van der Waals surface area contributed by atoms with Gasteiger partial charge in [0.1, 0.15) is 0 Å². The number of fused-ring (bicyclic) bond motifs is 1. The van der Waals surface area contributed by atoms with Crippen molar-refractivity contribution >= 4 is 12.0 Å². The molecule has 1 N–H and O–H groups in total. The molecule has 0 aromatic heterocycles. The van der Waals surface area contributed by atoms with Crippen LogP contribution in [0.25, 0.3) is 6.08 Å². The quantitative estimate of drug-likeness (QED) is 0.862. The molecule has 2 aromatic carbocycles. The lowest BCUT2D eigenvalue weighted by Crippen LogP contribution is -2.25. The summed E-state index contributed by atoms with van der Waals surface area (Å²) >= 11 is 0. The van der Waals surface area contributed by atoms with E-state index in [0.29, 0.717) is 12.3 Å². The van der Waals surface area contributed by atoms with E-state index in [1.165, 1.54) is 11.6 Å². The zero-order valence-electron chi connectivity index (χ0n) is 13.0. The number of ether oxygens (including phenoxy) is 2. The molecule has 0 aliphatic carbocycles. The predicted octanol–water partition coefficient (Wildman–Crippen LogP) is 3.35. The largest absolute Gasteiger partial charge is 0.454 e. The van der Waals surface area contributed by atoms with Crippen molar-refractivity contribution in [2.45, 2.75) is 12.8 Å². The van der Waals surface area contributed by atoms with Gasteiger partial charge < -0.3 is 14.8 Å². The number of amides is 1. The van der Waals surface area contributed by atoms with Crippen LogP contribution in [0.5, 0.6) is 11.5 Å². The van der Waals surface area contributed by atoms with Crippen LogP contribution in [0.1, 0.15) is 24.0 Å². The lowest BCUT2D eigenvalue weighted by Gasteiger charge is -2.11. The van der Waals surface area contributed by atoms with E-state index in [0.717, 1.165) is 11.3 Å². The summed E-state index contributed by atoms with van der Waals surface area (Å²) < 4.78 is 10.6. The third kappa shape index (κ3) is 3.92. The predicted molar refractivity (Wildman–Crippen MR) is 89.5 cm³/mol. The average Bonchev–Trinajstić information content (AvgIpc) is 3.06. The fourth-order valence-corrected chi connectivity index (χ4v) is 2.40. The zero-order chi connectivity index (χ0) is 16.1. The Morgan fingerprint density at radius 3 is 2.78 bits per heavy atom. The number of hydrogen-bond donors (Lipinski definition) is 1. The normalized spacial score (nSPS) is 14.0. The molecule has 1 atom stereocenters. The van der Waals surface area contributed by atoms with Gasteiger partial charge in [-0.3, -0.25) is 4.79 Å². The molecular weight excluding hydrogens is 290 g/mol. The van der Waals surface area contributed by atoms with Gasteiger partial charge in [-0.1, -0.05) is 43.3 Å². The van der Waals surface area contributed by atoms with E-state index in [9.17, 15) is 4.79 Å². The number of hydrogen-bond acceptors (Lipinski definition) is 3. The van der Waals surface area contributed by atoms with E-state index in [4.69, 9.17) is 9.47 Å². The van der Waals surface area contributed by atoms with Gasteiger partial charge in [0.05, 0.1) is 0 Å². The Hall–Kier alpha value is -2.75. The van der Waals surface area contributed by atoms with Crippen LogP contribution in [-0.4, -0.2) is 19.2 Å². The smallest absolute Gasteiger partial charge is 0.244 e. The molecule has 0 spiro atoms. The molecular formula is C19H19NO3. The minimum Gasteiger partial charge on any atom is -0.454 e. The number of carbonyl (C=O) groups excluding carboxylic acids is 1. The third-order valence-corrected chi connectivity index (χ3v) is 3.77. The van der Waals surface area contributed by atoms with Gasteiger partial charge in [-0.05, 0) is 35.3 Å². The van der Waals surface area contributed by atoms with Crippen LogP contribution < -0.4 is 14.8 Å². The van der Waals surface area contributed by atoms with E-state index >= 15 is 0 Å². The molecule has 0 bridgehead atoms. The highest BCUT2D eigenvalue weighted by Gasteiger charge is 2.12. The standard InChI is InChI=1S/C19H19NO3/c1-14(16-5-3-2-4-6-16)12-20-19(21)10-8-15-7-9-17-18(11-15)23-13-22-17/h2-11,14H,12-13H2,1H3,(H,20,21)/b10-8+. The summed E-state index contributed by atoms with van der Waals surface area (Å²) in [6, 6.07) is 15.7. The molecule has 0 radical (unpaired) electrons. The summed E-state index contributed by atoms with van der Waals surface area (Å²) in [5.41, 5.74) is 2.12. The summed E-state index contributed by atoms with van der Waals surface area (Å²) in [6.45, 7) is 2.95. The van der Waals surface area contributed by atoms with Crippen molar-refractivity contribution in [3.8, 4) is 11.5 Å². The molecule has 1 unspecified atom stereocenters. The fraction of sp³-hybridized carbons (Fsp3) is 0.211. The minimum atomic E-state index is -0.106. The Balaban J connectivity index is 1.53. The van der Waals surface area contributed by atoms with Crippen LogP contribution in [-0.2, 0) is 4.79 Å². The van der Waals surface area contributed by atoms with Crippen molar-refractivity contribution in [1.29, 1.82) is 0 Å². The SMILES string of the molecule is CC(CNC(=O)/C=C/c1ccc2c(c1)OCO2)c1ccccc1. The molecule has 0 saturated heterocycles. The van der Waals surface area contributed by atoms with E-state index in [2.05, 4.69) is 24.4 Å². The topological polar surface area (TPSA) is 47.6 Å². The van der Waals surface area contributed by atoms with Gasteiger partial charge in [0.2, 0.25) is 12.7 Å². The first kappa shape index (κ1) is 15.2. The third-order valence-electron chi connectivity index (χ3n) is 3.77. The molecule has 1 aliphatic rings. The number of benzene rings is 2. The van der Waals surface area contributed by atoms with E-state index in [1.54, 1.807) is 6.08 Å². The Morgan fingerprint density at radius 1 is 1.17 bits per heavy atom. The maximum Gasteiger partial charge on any atom is 0.244 e. The second-order valence-corrected chi connectivity index (χ2v) is 5.50. The molecule has 3 rings (SSSR count). The Bertz CT molecular complexity index is 710. The summed E-state index contributed by atoms with van der Waals surface area (Å²) in [4.78, 5) is 11.9. The van der Waals surface area contributed by atoms with Crippen LogP contribution in [0.2, 0.25) is 0 Å². The van der Waals surface area contributed by atoms with E-state index in [1.807, 2.05) is 36.4 Å². The van der Waals surface area contributed by atoms with Gasteiger partial charge in [-0.15, -0.1) is 0 Å². The second-order valence-electron chi connectivity index (χ2n) is 5.50. The first-order valence-corrected chi connectivity index (χ1v) is 7.63. The molecule has 118 valence electrons. The van der Waals surface area contributed by atoms with Gasteiger partial charge >= 0.3 is 0 Å². The van der Waals surface area contributed by atoms with Crippen molar-refractivity contribution in [3.63, 3.8) is 0 Å². The van der Waals surface area contributed by atoms with Gasteiger partial charge in [0, 0.05) is 12.6 Å². The number of rotatable bonds is 5. The highest BCUT2D eigenvalue weighted by Crippen LogP contribution is 2.32. The molecule has 4 heteroatoms. The van der Waals surface area contributed by atoms with Gasteiger partial charge in [0.15, 0.2) is 11.5 Å². The van der Waals surface area contributed by atoms with Gasteiger partial charge in [-0.25, -0.2) is 0 Å². The summed E-state index contributed by atoms with van der Waals surface area (Å²) in [6.07, 6.45) is 3.31. The van der Waals surface area contributed by atoms with Crippen molar-refractivity contribution in [3.05, 3.63) is 65.7 Å².